The maximum Gasteiger partial charge on any atom is 0.270 e. The van der Waals surface area contributed by atoms with E-state index >= 15 is 0 Å². The molecule has 0 fully saturated rings. The fourth-order valence-corrected chi connectivity index (χ4v) is 1.68. The number of hydrogen-bond acceptors (Lipinski definition) is 5. The quantitative estimate of drug-likeness (QED) is 0.503. The summed E-state index contributed by atoms with van der Waals surface area (Å²) >= 11 is 0. The molecule has 1 heterocycles. The lowest BCUT2D eigenvalue weighted by molar-refractivity contribution is -0.384. The van der Waals surface area contributed by atoms with E-state index in [4.69, 9.17) is 0 Å². The minimum Gasteiger partial charge on any atom is -0.306 e. The summed E-state index contributed by atoms with van der Waals surface area (Å²) in [5, 5.41) is 14.3. The van der Waals surface area contributed by atoms with Crippen molar-refractivity contribution in [1.29, 1.82) is 0 Å². The van der Waals surface area contributed by atoms with Crippen molar-refractivity contribution in [2.45, 2.75) is 6.54 Å². The zero-order valence-electron chi connectivity index (χ0n) is 11.4. The summed E-state index contributed by atoms with van der Waals surface area (Å²) in [6.45, 7) is -0.161. The van der Waals surface area contributed by atoms with Gasteiger partial charge in [-0.05, 0) is 6.07 Å². The van der Waals surface area contributed by atoms with Gasteiger partial charge in [0.15, 0.2) is 0 Å². The number of hydrazone groups is 1. The molecule has 0 radical (unpaired) electrons. The number of nitro groups is 1. The lowest BCUT2D eigenvalue weighted by Gasteiger charge is -2.03. The fraction of sp³-hybridized carbons (Fsp3) is 0.0714. The van der Waals surface area contributed by atoms with E-state index in [-0.39, 0.29) is 17.8 Å². The van der Waals surface area contributed by atoms with Gasteiger partial charge in [-0.25, -0.2) is 5.43 Å². The minimum absolute atomic E-state index is 0.0638. The highest BCUT2D eigenvalue weighted by molar-refractivity contribution is 5.83. The van der Waals surface area contributed by atoms with Crippen LogP contribution >= 0.6 is 0 Å². The molecule has 1 amide bonds. The van der Waals surface area contributed by atoms with Crippen LogP contribution in [-0.4, -0.2) is 21.6 Å². The first-order valence-corrected chi connectivity index (χ1v) is 6.28. The maximum absolute atomic E-state index is 11.6. The fourth-order valence-electron chi connectivity index (χ4n) is 1.68. The second-order valence-corrected chi connectivity index (χ2v) is 4.31. The highest BCUT2D eigenvalue weighted by Gasteiger charge is 2.05. The minimum atomic E-state index is -0.516. The van der Waals surface area contributed by atoms with Crippen molar-refractivity contribution in [3.05, 3.63) is 74.7 Å². The van der Waals surface area contributed by atoms with Crippen molar-refractivity contribution in [1.82, 2.24) is 9.99 Å². The molecular formula is C14H12N4O4. The van der Waals surface area contributed by atoms with Crippen LogP contribution in [0.1, 0.15) is 5.56 Å². The molecule has 1 aromatic carbocycles. The molecule has 0 aliphatic heterocycles. The number of nitrogens with zero attached hydrogens (tertiary/aromatic N) is 3. The Labute approximate surface area is 124 Å². The van der Waals surface area contributed by atoms with Crippen LogP contribution in [0.4, 0.5) is 5.69 Å². The van der Waals surface area contributed by atoms with Crippen molar-refractivity contribution in [3.63, 3.8) is 0 Å². The molecule has 112 valence electrons. The molecule has 2 aromatic rings. The van der Waals surface area contributed by atoms with Crippen LogP contribution in [-0.2, 0) is 11.3 Å². The second kappa shape index (κ2) is 6.93. The zero-order chi connectivity index (χ0) is 15.9. The monoisotopic (exact) mass is 300 g/mol. The number of carbonyl (C=O) groups is 1. The van der Waals surface area contributed by atoms with Crippen molar-refractivity contribution < 1.29 is 9.72 Å². The molecule has 0 atom stereocenters. The number of rotatable bonds is 5. The summed E-state index contributed by atoms with van der Waals surface area (Å²) in [5.74, 6) is -0.477. The van der Waals surface area contributed by atoms with E-state index in [9.17, 15) is 19.7 Å². The second-order valence-electron chi connectivity index (χ2n) is 4.31. The van der Waals surface area contributed by atoms with Crippen LogP contribution in [0.25, 0.3) is 0 Å². The average Bonchev–Trinajstić information content (AvgIpc) is 2.50. The highest BCUT2D eigenvalue weighted by atomic mass is 16.6. The largest absolute Gasteiger partial charge is 0.306 e. The molecule has 1 aromatic heterocycles. The normalized spacial score (nSPS) is 10.5. The summed E-state index contributed by atoms with van der Waals surface area (Å²) in [4.78, 5) is 33.2. The Morgan fingerprint density at radius 3 is 2.86 bits per heavy atom. The van der Waals surface area contributed by atoms with E-state index in [1.54, 1.807) is 18.2 Å². The standard InChI is InChI=1S/C14H12N4O4/c19-13(10-17-7-2-1-6-14(17)20)16-15-9-11-4-3-5-12(8-11)18(21)22/h1-9H,10H2,(H,16,19)/b15-9-. The number of aromatic nitrogens is 1. The number of pyridine rings is 1. The zero-order valence-corrected chi connectivity index (χ0v) is 11.4. The van der Waals surface area contributed by atoms with Crippen LogP contribution in [0, 0.1) is 10.1 Å². The Hall–Kier alpha value is -3.29. The first-order valence-electron chi connectivity index (χ1n) is 6.28. The van der Waals surface area contributed by atoms with E-state index in [2.05, 4.69) is 10.5 Å². The van der Waals surface area contributed by atoms with Crippen LogP contribution in [0.15, 0.2) is 58.6 Å². The summed E-state index contributed by atoms with van der Waals surface area (Å²) in [6, 6.07) is 10.4. The van der Waals surface area contributed by atoms with E-state index in [0.717, 1.165) is 0 Å². The SMILES string of the molecule is O=C(Cn1ccccc1=O)N/N=C\c1cccc([N+](=O)[O-])c1. The Balaban J connectivity index is 1.96. The van der Waals surface area contributed by atoms with Crippen molar-refractivity contribution >= 4 is 17.8 Å². The molecule has 0 spiro atoms. The third-order valence-corrected chi connectivity index (χ3v) is 2.70. The smallest absolute Gasteiger partial charge is 0.270 e. The Bertz CT molecular complexity index is 782. The van der Waals surface area contributed by atoms with Crippen LogP contribution in [0.3, 0.4) is 0 Å². The molecule has 8 heteroatoms. The summed E-state index contributed by atoms with van der Waals surface area (Å²) < 4.78 is 1.23. The van der Waals surface area contributed by atoms with Gasteiger partial charge in [0, 0.05) is 30.0 Å². The lowest BCUT2D eigenvalue weighted by Crippen LogP contribution is -2.28. The number of nitro benzene ring substituents is 1. The number of non-ortho nitro benzene ring substituents is 1. The van der Waals surface area contributed by atoms with Gasteiger partial charge in [-0.3, -0.25) is 19.7 Å². The van der Waals surface area contributed by atoms with Gasteiger partial charge in [0.05, 0.1) is 11.1 Å². The van der Waals surface area contributed by atoms with Gasteiger partial charge < -0.3 is 4.57 Å². The number of hydrogen-bond donors (Lipinski definition) is 1. The number of amides is 1. The van der Waals surface area contributed by atoms with Crippen molar-refractivity contribution in [2.24, 2.45) is 5.10 Å². The van der Waals surface area contributed by atoms with Crippen LogP contribution < -0.4 is 11.0 Å². The van der Waals surface area contributed by atoms with E-state index < -0.39 is 10.8 Å². The summed E-state index contributed by atoms with van der Waals surface area (Å²) in [7, 11) is 0. The van der Waals surface area contributed by atoms with Gasteiger partial charge in [-0.1, -0.05) is 18.2 Å². The molecule has 22 heavy (non-hydrogen) atoms. The van der Waals surface area contributed by atoms with Gasteiger partial charge in [0.1, 0.15) is 6.54 Å². The number of carbonyl (C=O) groups excluding carboxylic acids is 1. The Kier molecular flexibility index (Phi) is 4.76. The van der Waals surface area contributed by atoms with E-state index in [0.29, 0.717) is 5.56 Å². The van der Waals surface area contributed by atoms with E-state index in [1.165, 1.54) is 41.2 Å². The maximum atomic E-state index is 11.6. The van der Waals surface area contributed by atoms with Gasteiger partial charge in [-0.2, -0.15) is 5.10 Å². The third-order valence-electron chi connectivity index (χ3n) is 2.70. The first kappa shape index (κ1) is 15.1. The molecule has 0 saturated carbocycles. The third kappa shape index (κ3) is 4.10. The molecule has 0 aliphatic carbocycles. The molecule has 0 aliphatic rings. The molecule has 0 saturated heterocycles. The van der Waals surface area contributed by atoms with Gasteiger partial charge in [-0.15, -0.1) is 0 Å². The predicted octanol–water partition coefficient (Wildman–Crippen LogP) is 0.907. The van der Waals surface area contributed by atoms with Crippen molar-refractivity contribution in [3.8, 4) is 0 Å². The van der Waals surface area contributed by atoms with Crippen molar-refractivity contribution in [2.75, 3.05) is 0 Å². The van der Waals surface area contributed by atoms with Crippen LogP contribution in [0.2, 0.25) is 0 Å². The van der Waals surface area contributed by atoms with Gasteiger partial charge in [0.2, 0.25) is 0 Å². The van der Waals surface area contributed by atoms with Crippen LogP contribution in [0.5, 0.6) is 0 Å². The predicted molar refractivity (Wildman–Crippen MR) is 79.5 cm³/mol. The molecule has 0 bridgehead atoms. The topological polar surface area (TPSA) is 107 Å². The van der Waals surface area contributed by atoms with E-state index in [1.807, 2.05) is 0 Å². The summed E-state index contributed by atoms with van der Waals surface area (Å²) in [6.07, 6.45) is 2.78. The van der Waals surface area contributed by atoms with Gasteiger partial charge in [0.25, 0.3) is 17.2 Å². The average molecular weight is 300 g/mol. The molecule has 8 nitrogen and oxygen atoms in total. The van der Waals surface area contributed by atoms with Gasteiger partial charge >= 0.3 is 0 Å². The number of nitrogens with one attached hydrogen (secondary N) is 1. The Morgan fingerprint density at radius 2 is 2.14 bits per heavy atom. The highest BCUT2D eigenvalue weighted by Crippen LogP contribution is 2.11. The first-order chi connectivity index (χ1) is 10.6. The molecular weight excluding hydrogens is 288 g/mol. The molecule has 2 rings (SSSR count). The molecule has 0 unspecified atom stereocenters. The molecule has 1 N–H and O–H groups in total. The summed E-state index contributed by atoms with van der Waals surface area (Å²) in [5.41, 5.74) is 2.38. The lowest BCUT2D eigenvalue weighted by atomic mass is 10.2. The Morgan fingerprint density at radius 1 is 1.32 bits per heavy atom. The number of benzene rings is 1.